The van der Waals surface area contributed by atoms with Crippen molar-refractivity contribution in [3.8, 4) is 40.1 Å². The zero-order chi connectivity index (χ0) is 20.0. The van der Waals surface area contributed by atoms with Gasteiger partial charge in [-0.15, -0.1) is 0 Å². The van der Waals surface area contributed by atoms with Gasteiger partial charge in [-0.25, -0.2) is 0 Å². The Morgan fingerprint density at radius 3 is 2.28 bits per heavy atom. The fourth-order valence-corrected chi connectivity index (χ4v) is 4.11. The zero-order valence-electron chi connectivity index (χ0n) is 15.4. The minimum absolute atomic E-state index is 0.216. The molecule has 1 heterocycles. The second-order valence-corrected chi connectivity index (χ2v) is 6.96. The maximum atomic E-state index is 9.91. The van der Waals surface area contributed by atoms with E-state index < -0.39 is 0 Å². The van der Waals surface area contributed by atoms with Gasteiger partial charge in [-0.1, -0.05) is 54.6 Å². The fourth-order valence-electron chi connectivity index (χ4n) is 4.11. The lowest BCUT2D eigenvalue weighted by molar-refractivity contribution is 0.303. The van der Waals surface area contributed by atoms with Crippen molar-refractivity contribution < 1.29 is 4.74 Å². The van der Waals surface area contributed by atoms with Crippen LogP contribution in [0.15, 0.2) is 66.7 Å². The van der Waals surface area contributed by atoms with Gasteiger partial charge >= 0.3 is 0 Å². The summed E-state index contributed by atoms with van der Waals surface area (Å²) in [6.45, 7) is 0.276. The lowest BCUT2D eigenvalue weighted by Crippen LogP contribution is -2.12. The van der Waals surface area contributed by atoms with E-state index >= 15 is 0 Å². The Hall–Kier alpha value is -4.28. The first-order valence-electron chi connectivity index (χ1n) is 9.22. The van der Waals surface area contributed by atoms with Crippen LogP contribution in [0, 0.1) is 22.7 Å². The second-order valence-electron chi connectivity index (χ2n) is 6.96. The molecule has 0 spiro atoms. The molecule has 0 saturated heterocycles. The Balaban J connectivity index is 1.91. The summed E-state index contributed by atoms with van der Waals surface area (Å²) < 4.78 is 5.98. The number of rotatable bonds is 1. The van der Waals surface area contributed by atoms with E-state index in [9.17, 15) is 10.5 Å². The Kier molecular flexibility index (Phi) is 3.72. The number of nitrogens with zero attached hydrogens (tertiary/aromatic N) is 2. The predicted octanol–water partition coefficient (Wildman–Crippen LogP) is 5.39. The third-order valence-electron chi connectivity index (χ3n) is 5.43. The van der Waals surface area contributed by atoms with Crippen molar-refractivity contribution >= 4 is 16.5 Å². The molecule has 4 nitrogen and oxygen atoms in total. The van der Waals surface area contributed by atoms with Gasteiger partial charge in [0.25, 0.3) is 0 Å². The first-order valence-corrected chi connectivity index (χ1v) is 9.22. The largest absolute Gasteiger partial charge is 0.488 e. The van der Waals surface area contributed by atoms with Crippen LogP contribution in [0.1, 0.15) is 16.7 Å². The van der Waals surface area contributed by atoms with E-state index in [1.165, 1.54) is 0 Å². The molecule has 0 amide bonds. The molecule has 4 heteroatoms. The van der Waals surface area contributed by atoms with Gasteiger partial charge in [0.2, 0.25) is 0 Å². The Bertz CT molecular complexity index is 1390. The minimum Gasteiger partial charge on any atom is -0.488 e. The minimum atomic E-state index is 0.216. The molecule has 1 aliphatic rings. The summed E-state index contributed by atoms with van der Waals surface area (Å²) in [5, 5.41) is 21.9. The average Bonchev–Trinajstić information content (AvgIpc) is 2.77. The molecule has 4 aromatic carbocycles. The topological polar surface area (TPSA) is 82.8 Å². The molecule has 136 valence electrons. The van der Waals surface area contributed by atoms with Gasteiger partial charge in [-0.3, -0.25) is 0 Å². The highest BCUT2D eigenvalue weighted by molar-refractivity contribution is 5.97. The molecule has 0 fully saturated rings. The maximum Gasteiger partial charge on any atom is 0.127 e. The standard InChI is InChI=1S/C25H15N3O/c26-12-19-23(17-10-9-15-5-1-2-6-16(15)11-17)21-14-29-22-8-4-3-7-18(22)24(21)20(13-27)25(19)28/h1-11H,14,28H2. The number of fused-ring (bicyclic) bond motifs is 4. The van der Waals surface area contributed by atoms with E-state index in [0.29, 0.717) is 16.9 Å². The number of nitriles is 2. The van der Waals surface area contributed by atoms with Crippen LogP contribution in [-0.4, -0.2) is 0 Å². The predicted molar refractivity (Wildman–Crippen MR) is 113 cm³/mol. The zero-order valence-corrected chi connectivity index (χ0v) is 15.4. The number of anilines is 1. The molecule has 0 bridgehead atoms. The number of para-hydroxylation sites is 1. The molecule has 0 radical (unpaired) electrons. The van der Waals surface area contributed by atoms with Crippen molar-refractivity contribution in [1.29, 1.82) is 10.5 Å². The number of hydrogen-bond acceptors (Lipinski definition) is 4. The quantitative estimate of drug-likeness (QED) is 0.453. The van der Waals surface area contributed by atoms with Crippen LogP contribution in [0.25, 0.3) is 33.0 Å². The SMILES string of the molecule is N#Cc1c(N)c(C#N)c2c(c1-c1ccc3ccccc3c1)COc1ccccc1-2. The van der Waals surface area contributed by atoms with Crippen LogP contribution in [0.2, 0.25) is 0 Å². The molecule has 0 atom stereocenters. The summed E-state index contributed by atoms with van der Waals surface area (Å²) in [4.78, 5) is 0. The summed E-state index contributed by atoms with van der Waals surface area (Å²) >= 11 is 0. The normalized spacial score (nSPS) is 11.7. The molecule has 0 saturated carbocycles. The van der Waals surface area contributed by atoms with Crippen LogP contribution in [-0.2, 0) is 6.61 Å². The molecule has 0 aromatic heterocycles. The summed E-state index contributed by atoms with van der Waals surface area (Å²) in [6.07, 6.45) is 0. The van der Waals surface area contributed by atoms with E-state index in [0.717, 1.165) is 38.6 Å². The number of hydrogen-bond donors (Lipinski definition) is 1. The third kappa shape index (κ3) is 2.44. The van der Waals surface area contributed by atoms with Crippen molar-refractivity contribution in [3.63, 3.8) is 0 Å². The summed E-state index contributed by atoms with van der Waals surface area (Å²) in [5.41, 5.74) is 11.2. The summed E-state index contributed by atoms with van der Waals surface area (Å²) in [5.74, 6) is 0.713. The number of benzene rings is 4. The maximum absolute atomic E-state index is 9.91. The number of nitrogens with two attached hydrogens (primary N) is 1. The average molecular weight is 373 g/mol. The van der Waals surface area contributed by atoms with Crippen molar-refractivity contribution in [2.45, 2.75) is 6.61 Å². The lowest BCUT2D eigenvalue weighted by atomic mass is 9.82. The molecule has 0 unspecified atom stereocenters. The van der Waals surface area contributed by atoms with E-state index in [1.807, 2.05) is 60.7 Å². The molecule has 0 aliphatic carbocycles. The highest BCUT2D eigenvalue weighted by Crippen LogP contribution is 2.47. The Labute approximate surface area is 168 Å². The van der Waals surface area contributed by atoms with Crippen LogP contribution in [0.4, 0.5) is 5.69 Å². The van der Waals surface area contributed by atoms with Crippen LogP contribution in [0.5, 0.6) is 5.75 Å². The molecular weight excluding hydrogens is 358 g/mol. The van der Waals surface area contributed by atoms with Gasteiger partial charge in [0.15, 0.2) is 0 Å². The first kappa shape index (κ1) is 16.9. The Morgan fingerprint density at radius 2 is 1.48 bits per heavy atom. The van der Waals surface area contributed by atoms with Gasteiger partial charge in [-0.05, 0) is 28.5 Å². The third-order valence-corrected chi connectivity index (χ3v) is 5.43. The van der Waals surface area contributed by atoms with Gasteiger partial charge in [0, 0.05) is 22.3 Å². The van der Waals surface area contributed by atoms with Crippen molar-refractivity contribution in [2.24, 2.45) is 0 Å². The number of ether oxygens (including phenoxy) is 1. The van der Waals surface area contributed by atoms with E-state index in [1.54, 1.807) is 0 Å². The molecule has 4 aromatic rings. The molecule has 2 N–H and O–H groups in total. The first-order chi connectivity index (χ1) is 14.2. The molecular formula is C25H15N3O. The van der Waals surface area contributed by atoms with E-state index in [-0.39, 0.29) is 12.3 Å². The molecule has 5 rings (SSSR count). The van der Waals surface area contributed by atoms with E-state index in [4.69, 9.17) is 10.5 Å². The van der Waals surface area contributed by atoms with Crippen molar-refractivity contribution in [1.82, 2.24) is 0 Å². The fraction of sp³-hybridized carbons (Fsp3) is 0.0400. The highest BCUT2D eigenvalue weighted by atomic mass is 16.5. The molecule has 29 heavy (non-hydrogen) atoms. The second kappa shape index (κ2) is 6.41. The molecule has 1 aliphatic heterocycles. The van der Waals surface area contributed by atoms with Gasteiger partial charge in [0.1, 0.15) is 24.5 Å². The van der Waals surface area contributed by atoms with E-state index in [2.05, 4.69) is 18.2 Å². The van der Waals surface area contributed by atoms with Crippen molar-refractivity contribution in [2.75, 3.05) is 5.73 Å². The van der Waals surface area contributed by atoms with Crippen LogP contribution >= 0.6 is 0 Å². The highest BCUT2D eigenvalue weighted by Gasteiger charge is 2.29. The van der Waals surface area contributed by atoms with Gasteiger partial charge in [-0.2, -0.15) is 10.5 Å². The summed E-state index contributed by atoms with van der Waals surface area (Å²) in [7, 11) is 0. The van der Waals surface area contributed by atoms with Gasteiger partial charge in [0.05, 0.1) is 16.8 Å². The monoisotopic (exact) mass is 373 g/mol. The number of nitrogen functional groups attached to an aromatic ring is 1. The lowest BCUT2D eigenvalue weighted by Gasteiger charge is -2.26. The smallest absolute Gasteiger partial charge is 0.127 e. The Morgan fingerprint density at radius 1 is 0.793 bits per heavy atom. The van der Waals surface area contributed by atoms with Crippen LogP contribution < -0.4 is 10.5 Å². The van der Waals surface area contributed by atoms with Crippen LogP contribution in [0.3, 0.4) is 0 Å². The van der Waals surface area contributed by atoms with Crippen molar-refractivity contribution in [3.05, 3.63) is 83.4 Å². The van der Waals surface area contributed by atoms with Gasteiger partial charge < -0.3 is 10.5 Å². The summed E-state index contributed by atoms with van der Waals surface area (Å²) in [6, 6.07) is 26.2.